The summed E-state index contributed by atoms with van der Waals surface area (Å²) >= 11 is 1.62. The van der Waals surface area contributed by atoms with E-state index in [1.54, 1.807) is 11.8 Å². The van der Waals surface area contributed by atoms with Gasteiger partial charge in [0.15, 0.2) is 0 Å². The van der Waals surface area contributed by atoms with E-state index < -0.39 is 0 Å². The van der Waals surface area contributed by atoms with E-state index in [2.05, 4.69) is 38.2 Å². The van der Waals surface area contributed by atoms with Crippen molar-refractivity contribution >= 4 is 35.0 Å². The number of carbonyl (C=O) groups is 2. The van der Waals surface area contributed by atoms with Crippen molar-refractivity contribution in [3.63, 3.8) is 0 Å². The highest BCUT2D eigenvalue weighted by Gasteiger charge is 2.34. The van der Waals surface area contributed by atoms with Gasteiger partial charge in [-0.3, -0.25) is 14.5 Å². The molecule has 2 amide bonds. The number of rotatable bonds is 6. The molecule has 3 aromatic carbocycles. The first-order chi connectivity index (χ1) is 15.8. The van der Waals surface area contributed by atoms with Crippen LogP contribution in [0, 0.1) is 0 Å². The van der Waals surface area contributed by atoms with E-state index in [0.29, 0.717) is 18.6 Å². The Morgan fingerprint density at radius 3 is 2.42 bits per heavy atom. The zero-order chi connectivity index (χ0) is 23.4. The molecule has 1 aliphatic rings. The molecule has 0 aromatic heterocycles. The lowest BCUT2D eigenvalue weighted by molar-refractivity contribution is -0.116. The summed E-state index contributed by atoms with van der Waals surface area (Å²) in [5.41, 5.74) is 5.12. The zero-order valence-corrected chi connectivity index (χ0v) is 20.2. The number of hydrogen-bond acceptors (Lipinski definition) is 3. The smallest absolute Gasteiger partial charge is 0.238 e. The van der Waals surface area contributed by atoms with Gasteiger partial charge in [0.1, 0.15) is 5.37 Å². The molecule has 1 heterocycles. The fourth-order valence-corrected chi connectivity index (χ4v) is 5.13. The molecule has 0 spiro atoms. The molecule has 1 fully saturated rings. The monoisotopic (exact) mass is 458 g/mol. The molecular weight excluding hydrogens is 428 g/mol. The van der Waals surface area contributed by atoms with Gasteiger partial charge >= 0.3 is 0 Å². The summed E-state index contributed by atoms with van der Waals surface area (Å²) in [5, 5.41) is 2.90. The predicted octanol–water partition coefficient (Wildman–Crippen LogP) is 6.33. The number of nitrogens with one attached hydrogen (secondary N) is 1. The average molecular weight is 459 g/mol. The summed E-state index contributed by atoms with van der Waals surface area (Å²) in [7, 11) is 0. The van der Waals surface area contributed by atoms with Gasteiger partial charge in [-0.15, -0.1) is 11.8 Å². The normalized spacial score (nSPS) is 16.2. The van der Waals surface area contributed by atoms with Gasteiger partial charge in [-0.1, -0.05) is 75.4 Å². The van der Waals surface area contributed by atoms with E-state index in [4.69, 9.17) is 0 Å². The lowest BCUT2D eigenvalue weighted by Crippen LogP contribution is -2.28. The molecule has 0 aliphatic carbocycles. The van der Waals surface area contributed by atoms with Crippen molar-refractivity contribution in [1.82, 2.24) is 0 Å². The molecule has 1 aliphatic heterocycles. The first-order valence-corrected chi connectivity index (χ1v) is 12.3. The summed E-state index contributed by atoms with van der Waals surface area (Å²) in [5.74, 6) is 0.533. The van der Waals surface area contributed by atoms with Gasteiger partial charge in [0.2, 0.25) is 11.8 Å². The molecule has 5 heteroatoms. The highest BCUT2D eigenvalue weighted by Crippen LogP contribution is 2.42. The van der Waals surface area contributed by atoms with E-state index >= 15 is 0 Å². The Morgan fingerprint density at radius 1 is 1.00 bits per heavy atom. The third kappa shape index (κ3) is 5.66. The van der Waals surface area contributed by atoms with E-state index in [1.165, 1.54) is 5.56 Å². The van der Waals surface area contributed by atoms with Gasteiger partial charge in [-0.25, -0.2) is 0 Å². The average Bonchev–Trinajstić information content (AvgIpc) is 3.19. The van der Waals surface area contributed by atoms with Crippen molar-refractivity contribution in [1.29, 1.82) is 0 Å². The number of anilines is 2. The zero-order valence-electron chi connectivity index (χ0n) is 19.4. The Bertz CT molecular complexity index is 1120. The minimum Gasteiger partial charge on any atom is -0.326 e. The first-order valence-electron chi connectivity index (χ1n) is 11.3. The van der Waals surface area contributed by atoms with Gasteiger partial charge in [-0.2, -0.15) is 0 Å². The van der Waals surface area contributed by atoms with Crippen molar-refractivity contribution in [3.8, 4) is 0 Å². The standard InChI is InChI=1S/C28H30N2O2S/c1-28(2,3)22-13-15-24(16-14-22)30-26(32)19-33-27(30)21-10-7-11-23(18-21)29-25(31)17-12-20-8-5-4-6-9-20/h4-11,13-16,18,27H,12,17,19H2,1-3H3,(H,29,31). The molecule has 4 rings (SSSR count). The lowest BCUT2D eigenvalue weighted by Gasteiger charge is -2.26. The number of amides is 2. The highest BCUT2D eigenvalue weighted by atomic mass is 32.2. The van der Waals surface area contributed by atoms with Gasteiger partial charge < -0.3 is 5.32 Å². The van der Waals surface area contributed by atoms with Crippen molar-refractivity contribution in [3.05, 3.63) is 95.6 Å². The molecule has 1 N–H and O–H groups in total. The van der Waals surface area contributed by atoms with Crippen molar-refractivity contribution in [2.75, 3.05) is 16.0 Å². The summed E-state index contributed by atoms with van der Waals surface area (Å²) in [6.45, 7) is 6.55. The Hall–Kier alpha value is -3.05. The second-order valence-electron chi connectivity index (χ2n) is 9.38. The summed E-state index contributed by atoms with van der Waals surface area (Å²) in [6, 6.07) is 26.1. The van der Waals surface area contributed by atoms with E-state index in [0.717, 1.165) is 22.5 Å². The van der Waals surface area contributed by atoms with Crippen LogP contribution in [-0.4, -0.2) is 17.6 Å². The molecule has 170 valence electrons. The van der Waals surface area contributed by atoms with Gasteiger partial charge in [-0.05, 0) is 52.8 Å². The van der Waals surface area contributed by atoms with Crippen LogP contribution in [0.15, 0.2) is 78.9 Å². The van der Waals surface area contributed by atoms with E-state index in [1.807, 2.05) is 71.6 Å². The minimum absolute atomic E-state index is 0.0132. The Kier molecular flexibility index (Phi) is 6.89. The second-order valence-corrected chi connectivity index (χ2v) is 10.5. The first kappa shape index (κ1) is 23.1. The maximum absolute atomic E-state index is 12.8. The fraction of sp³-hybridized carbons (Fsp3) is 0.286. The molecule has 0 bridgehead atoms. The minimum atomic E-state index is -0.112. The molecule has 33 heavy (non-hydrogen) atoms. The Balaban J connectivity index is 1.47. The summed E-state index contributed by atoms with van der Waals surface area (Å²) in [4.78, 5) is 27.1. The van der Waals surface area contributed by atoms with Gasteiger partial charge in [0, 0.05) is 17.8 Å². The lowest BCUT2D eigenvalue weighted by atomic mass is 9.87. The number of carbonyl (C=O) groups excluding carboxylic acids is 2. The number of nitrogens with zero attached hydrogens (tertiary/aromatic N) is 1. The molecule has 4 nitrogen and oxygen atoms in total. The molecule has 0 radical (unpaired) electrons. The fourth-order valence-electron chi connectivity index (χ4n) is 3.97. The van der Waals surface area contributed by atoms with Crippen LogP contribution in [0.5, 0.6) is 0 Å². The van der Waals surface area contributed by atoms with Crippen LogP contribution in [0.25, 0.3) is 0 Å². The Labute approximate surface area is 200 Å². The maximum Gasteiger partial charge on any atom is 0.238 e. The highest BCUT2D eigenvalue weighted by molar-refractivity contribution is 8.00. The summed E-state index contributed by atoms with van der Waals surface area (Å²) in [6.07, 6.45) is 1.13. The van der Waals surface area contributed by atoms with Crippen LogP contribution in [0.1, 0.15) is 49.3 Å². The molecule has 1 unspecified atom stereocenters. The molecule has 0 saturated carbocycles. The number of benzene rings is 3. The van der Waals surface area contributed by atoms with Crippen LogP contribution in [-0.2, 0) is 21.4 Å². The van der Waals surface area contributed by atoms with Crippen molar-refractivity contribution < 1.29 is 9.59 Å². The number of hydrogen-bond donors (Lipinski definition) is 1. The van der Waals surface area contributed by atoms with Crippen LogP contribution in [0.3, 0.4) is 0 Å². The third-order valence-corrected chi connectivity index (χ3v) is 7.03. The van der Waals surface area contributed by atoms with Crippen molar-refractivity contribution in [2.24, 2.45) is 0 Å². The quantitative estimate of drug-likeness (QED) is 0.469. The molecule has 1 atom stereocenters. The van der Waals surface area contributed by atoms with Gasteiger partial charge in [0.05, 0.1) is 5.75 Å². The molecular formula is C28H30N2O2S. The SMILES string of the molecule is CC(C)(C)c1ccc(N2C(=O)CSC2c2cccc(NC(=O)CCc3ccccc3)c2)cc1. The second kappa shape index (κ2) is 9.84. The topological polar surface area (TPSA) is 49.4 Å². The van der Waals surface area contributed by atoms with Crippen LogP contribution >= 0.6 is 11.8 Å². The van der Waals surface area contributed by atoms with E-state index in [9.17, 15) is 9.59 Å². The number of thioether (sulfide) groups is 1. The molecule has 1 saturated heterocycles. The summed E-state index contributed by atoms with van der Waals surface area (Å²) < 4.78 is 0. The van der Waals surface area contributed by atoms with Crippen molar-refractivity contribution in [2.45, 2.75) is 44.4 Å². The van der Waals surface area contributed by atoms with Gasteiger partial charge in [0.25, 0.3) is 0 Å². The predicted molar refractivity (Wildman–Crippen MR) is 138 cm³/mol. The van der Waals surface area contributed by atoms with Crippen LogP contribution < -0.4 is 10.2 Å². The number of aryl methyl sites for hydroxylation is 1. The van der Waals surface area contributed by atoms with Crippen LogP contribution in [0.4, 0.5) is 11.4 Å². The third-order valence-electron chi connectivity index (χ3n) is 5.82. The Morgan fingerprint density at radius 2 is 1.73 bits per heavy atom. The largest absolute Gasteiger partial charge is 0.326 e. The molecule has 3 aromatic rings. The maximum atomic E-state index is 12.8. The van der Waals surface area contributed by atoms with Crippen LogP contribution in [0.2, 0.25) is 0 Å². The van der Waals surface area contributed by atoms with E-state index in [-0.39, 0.29) is 22.6 Å².